The van der Waals surface area contributed by atoms with E-state index in [-0.39, 0.29) is 17.8 Å². The van der Waals surface area contributed by atoms with Crippen molar-refractivity contribution >= 4 is 5.97 Å². The number of carbonyl (C=O) groups excluding carboxylic acids is 1. The number of ether oxygens (including phenoxy) is 1. The third kappa shape index (κ3) is 1.86. The van der Waals surface area contributed by atoms with E-state index in [0.29, 0.717) is 12.1 Å². The number of aryl methyl sites for hydroxylation is 1. The van der Waals surface area contributed by atoms with Crippen molar-refractivity contribution in [1.29, 1.82) is 0 Å². The van der Waals surface area contributed by atoms with Crippen LogP contribution in [0.2, 0.25) is 0 Å². The molecular formula is C15H21N2O2+. The second-order valence-corrected chi connectivity index (χ2v) is 5.75. The van der Waals surface area contributed by atoms with Crippen LogP contribution in [0.4, 0.5) is 0 Å². The molecule has 0 spiro atoms. The van der Waals surface area contributed by atoms with Gasteiger partial charge in [0.2, 0.25) is 0 Å². The van der Waals surface area contributed by atoms with Crippen LogP contribution in [-0.4, -0.2) is 37.1 Å². The molecule has 0 radical (unpaired) electrons. The maximum Gasteiger partial charge on any atom is 0.310 e. The Morgan fingerprint density at radius 3 is 2.84 bits per heavy atom. The van der Waals surface area contributed by atoms with Gasteiger partial charge in [-0.1, -0.05) is 0 Å². The zero-order chi connectivity index (χ0) is 13.6. The van der Waals surface area contributed by atoms with Gasteiger partial charge < -0.3 is 4.74 Å². The van der Waals surface area contributed by atoms with Gasteiger partial charge >= 0.3 is 5.97 Å². The van der Waals surface area contributed by atoms with Gasteiger partial charge in [0.25, 0.3) is 0 Å². The van der Waals surface area contributed by atoms with Crippen LogP contribution < -0.4 is 4.57 Å². The smallest absolute Gasteiger partial charge is 0.310 e. The molecule has 0 aliphatic carbocycles. The molecule has 4 nitrogen and oxygen atoms in total. The molecule has 2 saturated heterocycles. The lowest BCUT2D eigenvalue weighted by molar-refractivity contribution is -0.672. The average Bonchev–Trinajstić information content (AvgIpc) is 2.91. The second-order valence-electron chi connectivity index (χ2n) is 5.75. The number of fused-ring (bicyclic) bond motifs is 2. The summed E-state index contributed by atoms with van der Waals surface area (Å²) in [7, 11) is 5.66. The first-order valence-electron chi connectivity index (χ1n) is 6.88. The third-order valence-electron chi connectivity index (χ3n) is 4.84. The summed E-state index contributed by atoms with van der Waals surface area (Å²) >= 11 is 0. The molecule has 102 valence electrons. The summed E-state index contributed by atoms with van der Waals surface area (Å²) in [5.74, 6) is 0.190. The summed E-state index contributed by atoms with van der Waals surface area (Å²) in [6, 6.07) is 5.00. The van der Waals surface area contributed by atoms with Gasteiger partial charge in [-0.3, -0.25) is 9.69 Å². The minimum Gasteiger partial charge on any atom is -0.469 e. The van der Waals surface area contributed by atoms with Crippen LogP contribution in [0.3, 0.4) is 0 Å². The van der Waals surface area contributed by atoms with Gasteiger partial charge in [-0.05, 0) is 26.0 Å². The summed E-state index contributed by atoms with van der Waals surface area (Å²) in [5, 5.41) is 0. The first-order valence-corrected chi connectivity index (χ1v) is 6.88. The van der Waals surface area contributed by atoms with Crippen molar-refractivity contribution in [2.45, 2.75) is 30.8 Å². The Kier molecular flexibility index (Phi) is 3.05. The molecule has 1 aromatic rings. The van der Waals surface area contributed by atoms with E-state index >= 15 is 0 Å². The Morgan fingerprint density at radius 1 is 1.42 bits per heavy atom. The lowest BCUT2D eigenvalue weighted by Gasteiger charge is -2.26. The fourth-order valence-corrected chi connectivity index (χ4v) is 4.02. The number of pyridine rings is 1. The van der Waals surface area contributed by atoms with E-state index in [0.717, 1.165) is 6.42 Å². The van der Waals surface area contributed by atoms with E-state index in [2.05, 4.69) is 34.8 Å². The lowest BCUT2D eigenvalue weighted by Crippen LogP contribution is -2.35. The number of hydrogen-bond acceptors (Lipinski definition) is 3. The Labute approximate surface area is 114 Å². The molecule has 4 heteroatoms. The molecule has 1 aromatic heterocycles. The second kappa shape index (κ2) is 4.60. The topological polar surface area (TPSA) is 33.4 Å². The van der Waals surface area contributed by atoms with Crippen molar-refractivity contribution in [2.24, 2.45) is 13.0 Å². The molecule has 0 aromatic carbocycles. The SMILES string of the molecule is COC(=O)C1C(c2ccc[n+](C)c2)C2CCC1N2C. The summed E-state index contributed by atoms with van der Waals surface area (Å²) in [6.45, 7) is 0. The predicted molar refractivity (Wildman–Crippen MR) is 70.4 cm³/mol. The summed E-state index contributed by atoms with van der Waals surface area (Å²) in [4.78, 5) is 14.5. The van der Waals surface area contributed by atoms with Crippen LogP contribution >= 0.6 is 0 Å². The Hall–Kier alpha value is -1.42. The first-order chi connectivity index (χ1) is 9.13. The molecule has 2 aliphatic rings. The van der Waals surface area contributed by atoms with Crippen molar-refractivity contribution < 1.29 is 14.1 Å². The molecule has 3 heterocycles. The first kappa shape index (κ1) is 12.6. The third-order valence-corrected chi connectivity index (χ3v) is 4.84. The molecule has 0 saturated carbocycles. The number of likely N-dealkylation sites (N-methyl/N-ethyl adjacent to an activating group) is 1. The van der Waals surface area contributed by atoms with E-state index in [1.165, 1.54) is 19.1 Å². The molecule has 19 heavy (non-hydrogen) atoms. The Balaban J connectivity index is 2.00. The molecule has 2 aliphatic heterocycles. The van der Waals surface area contributed by atoms with Crippen molar-refractivity contribution in [2.75, 3.05) is 14.2 Å². The van der Waals surface area contributed by atoms with Crippen molar-refractivity contribution in [1.82, 2.24) is 4.90 Å². The Bertz CT molecular complexity index is 503. The van der Waals surface area contributed by atoms with Crippen LogP contribution in [0.1, 0.15) is 24.3 Å². The van der Waals surface area contributed by atoms with E-state index in [4.69, 9.17) is 4.74 Å². The van der Waals surface area contributed by atoms with Gasteiger partial charge in [0.05, 0.1) is 13.0 Å². The monoisotopic (exact) mass is 261 g/mol. The Morgan fingerprint density at radius 2 is 2.16 bits per heavy atom. The van der Waals surface area contributed by atoms with Crippen LogP contribution in [0.5, 0.6) is 0 Å². The molecule has 3 rings (SSSR count). The normalized spacial score (nSPS) is 33.6. The minimum absolute atomic E-state index is 0.0175. The number of esters is 1. The fourth-order valence-electron chi connectivity index (χ4n) is 4.02. The number of carbonyl (C=O) groups is 1. The van der Waals surface area contributed by atoms with Gasteiger partial charge in [-0.2, -0.15) is 0 Å². The van der Waals surface area contributed by atoms with Gasteiger partial charge in [0, 0.05) is 29.6 Å². The van der Waals surface area contributed by atoms with Crippen LogP contribution in [-0.2, 0) is 16.6 Å². The molecule has 4 atom stereocenters. The van der Waals surface area contributed by atoms with E-state index in [9.17, 15) is 4.79 Å². The molecule has 2 bridgehead atoms. The molecule has 0 amide bonds. The van der Waals surface area contributed by atoms with Gasteiger partial charge in [-0.15, -0.1) is 0 Å². The highest BCUT2D eigenvalue weighted by Crippen LogP contribution is 2.50. The number of aromatic nitrogens is 1. The zero-order valence-electron chi connectivity index (χ0n) is 11.7. The lowest BCUT2D eigenvalue weighted by atomic mass is 9.76. The molecular weight excluding hydrogens is 240 g/mol. The van der Waals surface area contributed by atoms with Gasteiger partial charge in [0.1, 0.15) is 7.05 Å². The predicted octanol–water partition coefficient (Wildman–Crippen LogP) is 0.860. The zero-order valence-corrected chi connectivity index (χ0v) is 11.7. The number of methoxy groups -OCH3 is 1. The molecule has 2 fully saturated rings. The summed E-state index contributed by atoms with van der Waals surface area (Å²) < 4.78 is 7.10. The number of hydrogen-bond donors (Lipinski definition) is 0. The average molecular weight is 261 g/mol. The maximum absolute atomic E-state index is 12.2. The number of rotatable bonds is 2. The largest absolute Gasteiger partial charge is 0.469 e. The number of nitrogens with zero attached hydrogens (tertiary/aromatic N) is 2. The fraction of sp³-hybridized carbons (Fsp3) is 0.600. The molecule has 4 unspecified atom stereocenters. The highest BCUT2D eigenvalue weighted by atomic mass is 16.5. The van der Waals surface area contributed by atoms with Crippen molar-refractivity contribution in [3.05, 3.63) is 30.1 Å². The summed E-state index contributed by atoms with van der Waals surface area (Å²) in [6.07, 6.45) is 6.44. The molecule has 0 N–H and O–H groups in total. The van der Waals surface area contributed by atoms with E-state index in [1.54, 1.807) is 0 Å². The van der Waals surface area contributed by atoms with Crippen LogP contribution in [0, 0.1) is 5.92 Å². The summed E-state index contributed by atoms with van der Waals surface area (Å²) in [5.41, 5.74) is 1.25. The standard InChI is InChI=1S/C15H21N2O2/c1-16-8-4-5-10(9-16)13-11-6-7-12(17(11)2)14(13)15(18)19-3/h4-5,8-9,11-14H,6-7H2,1-3H3/q+1. The van der Waals surface area contributed by atoms with Crippen molar-refractivity contribution in [3.63, 3.8) is 0 Å². The van der Waals surface area contributed by atoms with Crippen molar-refractivity contribution in [3.8, 4) is 0 Å². The highest BCUT2D eigenvalue weighted by Gasteiger charge is 2.55. The van der Waals surface area contributed by atoms with E-state index in [1.807, 2.05) is 13.2 Å². The minimum atomic E-state index is -0.0597. The quantitative estimate of drug-likeness (QED) is 0.585. The van der Waals surface area contributed by atoms with Gasteiger partial charge in [0.15, 0.2) is 12.4 Å². The van der Waals surface area contributed by atoms with Crippen LogP contribution in [0.25, 0.3) is 0 Å². The van der Waals surface area contributed by atoms with E-state index < -0.39 is 0 Å². The maximum atomic E-state index is 12.2. The van der Waals surface area contributed by atoms with Crippen LogP contribution in [0.15, 0.2) is 24.5 Å². The highest BCUT2D eigenvalue weighted by molar-refractivity contribution is 5.75. The van der Waals surface area contributed by atoms with Gasteiger partial charge in [-0.25, -0.2) is 4.57 Å².